The third-order valence-electron chi connectivity index (χ3n) is 2.63. The van der Waals surface area contributed by atoms with Gasteiger partial charge in [0.25, 0.3) is 0 Å². The zero-order valence-electron chi connectivity index (χ0n) is 11.7. The predicted octanol–water partition coefficient (Wildman–Crippen LogP) is 2.58. The van der Waals surface area contributed by atoms with E-state index in [1.165, 1.54) is 0 Å². The lowest BCUT2D eigenvalue weighted by atomic mass is 10.1. The molecule has 2 atom stereocenters. The van der Waals surface area contributed by atoms with Gasteiger partial charge < -0.3 is 10.6 Å². The number of rotatable bonds is 6. The Balaban J connectivity index is 0. The number of halogens is 2. The van der Waals surface area contributed by atoms with E-state index < -0.39 is 0 Å². The zero-order valence-corrected chi connectivity index (χ0v) is 14.2. The van der Waals surface area contributed by atoms with Crippen LogP contribution in [0.15, 0.2) is 5.38 Å². The fourth-order valence-corrected chi connectivity index (χ4v) is 2.35. The average Bonchev–Trinajstić information content (AvgIpc) is 2.77. The molecule has 0 saturated carbocycles. The summed E-state index contributed by atoms with van der Waals surface area (Å²) in [4.78, 5) is 16.3. The number of nitrogens with zero attached hydrogens (tertiary/aromatic N) is 1. The van der Waals surface area contributed by atoms with Crippen LogP contribution in [0.25, 0.3) is 0 Å². The van der Waals surface area contributed by atoms with Crippen LogP contribution in [0.5, 0.6) is 0 Å². The Kier molecular flexibility index (Phi) is 11.5. The molecule has 19 heavy (non-hydrogen) atoms. The summed E-state index contributed by atoms with van der Waals surface area (Å²) >= 11 is 1.65. The number of hydrogen-bond acceptors (Lipinski definition) is 4. The van der Waals surface area contributed by atoms with E-state index in [-0.39, 0.29) is 42.7 Å². The highest BCUT2D eigenvalue weighted by Gasteiger charge is 2.16. The fourth-order valence-electron chi connectivity index (χ4n) is 1.51. The van der Waals surface area contributed by atoms with Crippen LogP contribution in [0.2, 0.25) is 0 Å². The summed E-state index contributed by atoms with van der Waals surface area (Å²) in [5.74, 6) is 0.0460. The van der Waals surface area contributed by atoms with Gasteiger partial charge in [-0.2, -0.15) is 0 Å². The standard InChI is InChI=1S/C12H21N3OS.2ClH/c1-5-11-15-10(7-17-11)9(3)14-12(16)8(2)6-13-4;;/h7-9,13H,5-6H2,1-4H3,(H,14,16);2*1H. The van der Waals surface area contributed by atoms with Crippen LogP contribution >= 0.6 is 36.2 Å². The Morgan fingerprint density at radius 1 is 1.42 bits per heavy atom. The molecule has 0 fully saturated rings. The number of aromatic nitrogens is 1. The average molecular weight is 328 g/mol. The quantitative estimate of drug-likeness (QED) is 0.844. The van der Waals surface area contributed by atoms with E-state index >= 15 is 0 Å². The second-order valence-electron chi connectivity index (χ2n) is 4.21. The highest BCUT2D eigenvalue weighted by atomic mass is 35.5. The normalized spacial score (nSPS) is 12.8. The summed E-state index contributed by atoms with van der Waals surface area (Å²) in [6.07, 6.45) is 0.946. The lowest BCUT2D eigenvalue weighted by Gasteiger charge is -2.15. The Morgan fingerprint density at radius 3 is 2.53 bits per heavy atom. The number of amides is 1. The lowest BCUT2D eigenvalue weighted by molar-refractivity contribution is -0.125. The highest BCUT2D eigenvalue weighted by molar-refractivity contribution is 7.09. The molecule has 1 aromatic rings. The number of carbonyl (C=O) groups excluding carboxylic acids is 1. The topological polar surface area (TPSA) is 54.0 Å². The molecule has 1 rings (SSSR count). The minimum atomic E-state index is -0.0215. The van der Waals surface area contributed by atoms with Crippen LogP contribution in [-0.4, -0.2) is 24.5 Å². The zero-order chi connectivity index (χ0) is 12.8. The van der Waals surface area contributed by atoms with Gasteiger partial charge in [0.05, 0.1) is 16.7 Å². The van der Waals surface area contributed by atoms with Gasteiger partial charge in [0.2, 0.25) is 5.91 Å². The SMILES string of the molecule is CCc1nc(C(C)NC(=O)C(C)CNC)cs1.Cl.Cl. The molecule has 0 spiro atoms. The lowest BCUT2D eigenvalue weighted by Crippen LogP contribution is -2.35. The number of hydrogen-bond donors (Lipinski definition) is 2. The van der Waals surface area contributed by atoms with Crippen molar-refractivity contribution in [2.45, 2.75) is 33.2 Å². The Hall–Kier alpha value is -0.360. The van der Waals surface area contributed by atoms with Crippen LogP contribution in [0.1, 0.15) is 37.5 Å². The first-order valence-corrected chi connectivity index (χ1v) is 6.85. The molecule has 112 valence electrons. The summed E-state index contributed by atoms with van der Waals surface area (Å²) in [6, 6.07) is -0.0154. The molecule has 0 saturated heterocycles. The van der Waals surface area contributed by atoms with Crippen molar-refractivity contribution < 1.29 is 4.79 Å². The molecule has 0 aliphatic rings. The van der Waals surface area contributed by atoms with Crippen LogP contribution in [0.3, 0.4) is 0 Å². The monoisotopic (exact) mass is 327 g/mol. The third-order valence-corrected chi connectivity index (χ3v) is 3.64. The molecule has 0 aliphatic heterocycles. The van der Waals surface area contributed by atoms with E-state index in [9.17, 15) is 4.79 Å². The van der Waals surface area contributed by atoms with Crippen molar-refractivity contribution in [1.82, 2.24) is 15.6 Å². The van der Waals surface area contributed by atoms with E-state index in [1.54, 1.807) is 11.3 Å². The van der Waals surface area contributed by atoms with Gasteiger partial charge in [-0.3, -0.25) is 4.79 Å². The number of nitrogens with one attached hydrogen (secondary N) is 2. The summed E-state index contributed by atoms with van der Waals surface area (Å²) < 4.78 is 0. The molecule has 0 radical (unpaired) electrons. The van der Waals surface area contributed by atoms with Crippen LogP contribution in [0.4, 0.5) is 0 Å². The molecule has 1 heterocycles. The maximum Gasteiger partial charge on any atom is 0.224 e. The molecular weight excluding hydrogens is 305 g/mol. The molecular formula is C12H23Cl2N3OS. The van der Waals surface area contributed by atoms with Gasteiger partial charge in [0, 0.05) is 17.8 Å². The Labute approximate surface area is 131 Å². The van der Waals surface area contributed by atoms with Crippen molar-refractivity contribution in [2.24, 2.45) is 5.92 Å². The van der Waals surface area contributed by atoms with E-state index in [0.717, 1.165) is 17.1 Å². The molecule has 7 heteroatoms. The van der Waals surface area contributed by atoms with Crippen molar-refractivity contribution >= 4 is 42.1 Å². The smallest absolute Gasteiger partial charge is 0.224 e. The van der Waals surface area contributed by atoms with E-state index in [0.29, 0.717) is 6.54 Å². The summed E-state index contributed by atoms with van der Waals surface area (Å²) in [7, 11) is 1.85. The number of thiazole rings is 1. The second kappa shape index (κ2) is 10.4. The predicted molar refractivity (Wildman–Crippen MR) is 85.6 cm³/mol. The van der Waals surface area contributed by atoms with Crippen LogP contribution < -0.4 is 10.6 Å². The molecule has 0 bridgehead atoms. The van der Waals surface area contributed by atoms with Gasteiger partial charge in [-0.25, -0.2) is 4.98 Å². The van der Waals surface area contributed by atoms with E-state index in [2.05, 4.69) is 22.5 Å². The van der Waals surface area contributed by atoms with Crippen LogP contribution in [-0.2, 0) is 11.2 Å². The fraction of sp³-hybridized carbons (Fsp3) is 0.667. The largest absolute Gasteiger partial charge is 0.348 e. The van der Waals surface area contributed by atoms with Gasteiger partial charge in [0.15, 0.2) is 0 Å². The maximum atomic E-state index is 11.8. The van der Waals surface area contributed by atoms with Crippen molar-refractivity contribution in [2.75, 3.05) is 13.6 Å². The molecule has 2 N–H and O–H groups in total. The first-order chi connectivity index (χ1) is 8.08. The van der Waals surface area contributed by atoms with Gasteiger partial charge >= 0.3 is 0 Å². The summed E-state index contributed by atoms with van der Waals surface area (Å²) in [5.41, 5.74) is 0.955. The van der Waals surface area contributed by atoms with Gasteiger partial charge in [-0.05, 0) is 20.4 Å². The molecule has 2 unspecified atom stereocenters. The Bertz CT molecular complexity index is 374. The highest BCUT2D eigenvalue weighted by Crippen LogP contribution is 2.17. The minimum Gasteiger partial charge on any atom is -0.348 e. The summed E-state index contributed by atoms with van der Waals surface area (Å²) in [5, 5.41) is 9.12. The summed E-state index contributed by atoms with van der Waals surface area (Å²) in [6.45, 7) is 6.66. The third kappa shape index (κ3) is 6.56. The number of carbonyl (C=O) groups is 1. The van der Waals surface area contributed by atoms with Crippen molar-refractivity contribution in [3.05, 3.63) is 16.1 Å². The van der Waals surface area contributed by atoms with Crippen molar-refractivity contribution in [3.8, 4) is 0 Å². The Morgan fingerprint density at radius 2 is 2.05 bits per heavy atom. The first kappa shape index (κ1) is 20.9. The minimum absolute atomic E-state index is 0. The van der Waals surface area contributed by atoms with Crippen molar-refractivity contribution in [3.63, 3.8) is 0 Å². The molecule has 4 nitrogen and oxygen atoms in total. The molecule has 1 amide bonds. The van der Waals surface area contributed by atoms with E-state index in [1.807, 2.05) is 26.3 Å². The molecule has 0 aliphatic carbocycles. The van der Waals surface area contributed by atoms with Crippen molar-refractivity contribution in [1.29, 1.82) is 0 Å². The molecule has 1 aromatic heterocycles. The second-order valence-corrected chi connectivity index (χ2v) is 5.15. The van der Waals surface area contributed by atoms with Gasteiger partial charge in [0.1, 0.15) is 0 Å². The van der Waals surface area contributed by atoms with E-state index in [4.69, 9.17) is 0 Å². The maximum absolute atomic E-state index is 11.8. The number of aryl methyl sites for hydroxylation is 1. The van der Waals surface area contributed by atoms with Gasteiger partial charge in [-0.1, -0.05) is 13.8 Å². The first-order valence-electron chi connectivity index (χ1n) is 5.97. The molecule has 0 aromatic carbocycles. The van der Waals surface area contributed by atoms with Crippen LogP contribution in [0, 0.1) is 5.92 Å². The van der Waals surface area contributed by atoms with Gasteiger partial charge in [-0.15, -0.1) is 36.2 Å².